The number of rotatable bonds is 5. The summed E-state index contributed by atoms with van der Waals surface area (Å²) < 4.78 is 2.72. The van der Waals surface area contributed by atoms with E-state index in [-0.39, 0.29) is 24.5 Å². The molecule has 0 spiro atoms. The Morgan fingerprint density at radius 3 is 2.57 bits per heavy atom. The van der Waals surface area contributed by atoms with Gasteiger partial charge >= 0.3 is 5.97 Å². The first-order valence-electron chi connectivity index (χ1n) is 7.30. The summed E-state index contributed by atoms with van der Waals surface area (Å²) in [7, 11) is 0. The Balaban J connectivity index is 2.31. The molecule has 1 heterocycles. The molecule has 21 heavy (non-hydrogen) atoms. The highest BCUT2D eigenvalue weighted by molar-refractivity contribution is 9.10. The number of hydrogen-bond donors (Lipinski definition) is 1. The predicted octanol–water partition coefficient (Wildman–Crippen LogP) is 3.30. The first-order valence-corrected chi connectivity index (χ1v) is 8.09. The lowest BCUT2D eigenvalue weighted by Gasteiger charge is -2.28. The van der Waals surface area contributed by atoms with E-state index in [0.29, 0.717) is 5.69 Å². The van der Waals surface area contributed by atoms with Crippen molar-refractivity contribution in [2.45, 2.75) is 51.6 Å². The molecule has 0 aromatic carbocycles. The van der Waals surface area contributed by atoms with Crippen LogP contribution in [0.2, 0.25) is 0 Å². The van der Waals surface area contributed by atoms with E-state index in [2.05, 4.69) is 15.9 Å². The summed E-state index contributed by atoms with van der Waals surface area (Å²) in [6, 6.07) is 1.96. The van der Waals surface area contributed by atoms with Crippen LogP contribution < -0.4 is 0 Å². The minimum atomic E-state index is -0.961. The van der Waals surface area contributed by atoms with Crippen LogP contribution in [0.25, 0.3) is 0 Å². The molecule has 1 fully saturated rings. The Morgan fingerprint density at radius 2 is 2.05 bits per heavy atom. The van der Waals surface area contributed by atoms with Gasteiger partial charge in [-0.1, -0.05) is 12.8 Å². The molecule has 1 aromatic heterocycles. The third-order valence-corrected chi connectivity index (χ3v) is 4.36. The zero-order valence-electron chi connectivity index (χ0n) is 12.4. The number of aliphatic carboxylic acids is 1. The molecule has 2 rings (SSSR count). The normalized spacial score (nSPS) is 15.6. The second-order valence-electron chi connectivity index (χ2n) is 5.81. The quantitative estimate of drug-likeness (QED) is 0.880. The first kappa shape index (κ1) is 16.1. The number of carbonyl (C=O) groups is 2. The molecule has 0 aliphatic heterocycles. The van der Waals surface area contributed by atoms with Crippen LogP contribution in [0.5, 0.6) is 0 Å². The van der Waals surface area contributed by atoms with Gasteiger partial charge in [-0.3, -0.25) is 9.59 Å². The summed E-state index contributed by atoms with van der Waals surface area (Å²) in [6.45, 7) is 3.77. The van der Waals surface area contributed by atoms with Crippen molar-refractivity contribution in [1.82, 2.24) is 9.47 Å². The monoisotopic (exact) mass is 356 g/mol. The summed E-state index contributed by atoms with van der Waals surface area (Å²) in [6.07, 6.45) is 5.77. The van der Waals surface area contributed by atoms with Gasteiger partial charge in [0, 0.05) is 22.8 Å². The second-order valence-corrected chi connectivity index (χ2v) is 6.73. The van der Waals surface area contributed by atoms with Crippen molar-refractivity contribution in [2.75, 3.05) is 6.54 Å². The van der Waals surface area contributed by atoms with E-state index in [1.807, 2.05) is 24.6 Å². The van der Waals surface area contributed by atoms with Crippen LogP contribution in [0.1, 0.15) is 56.1 Å². The van der Waals surface area contributed by atoms with Gasteiger partial charge in [0.15, 0.2) is 0 Å². The fourth-order valence-electron chi connectivity index (χ4n) is 2.92. The van der Waals surface area contributed by atoms with Crippen molar-refractivity contribution in [3.63, 3.8) is 0 Å². The lowest BCUT2D eigenvalue weighted by molar-refractivity contribution is -0.138. The molecule has 1 aromatic rings. The molecule has 1 saturated carbocycles. The van der Waals surface area contributed by atoms with E-state index in [1.54, 1.807) is 6.07 Å². The van der Waals surface area contributed by atoms with Gasteiger partial charge in [-0.15, -0.1) is 0 Å². The molecule has 1 N–H and O–H groups in total. The number of carboxylic acids is 1. The molecule has 0 radical (unpaired) electrons. The lowest BCUT2D eigenvalue weighted by Crippen LogP contribution is -2.43. The van der Waals surface area contributed by atoms with Crippen molar-refractivity contribution in [3.05, 3.63) is 22.4 Å². The smallest absolute Gasteiger partial charge is 0.323 e. The zero-order valence-corrected chi connectivity index (χ0v) is 14.0. The summed E-state index contributed by atoms with van der Waals surface area (Å²) in [4.78, 5) is 25.5. The summed E-state index contributed by atoms with van der Waals surface area (Å²) in [5, 5.41) is 9.11. The SMILES string of the molecule is CC(C)n1cc(Br)cc1C(=O)N(CC(=O)O)C1CCCC1. The minimum absolute atomic E-state index is 0.0443. The number of hydrogen-bond acceptors (Lipinski definition) is 2. The van der Waals surface area contributed by atoms with Gasteiger partial charge in [0.05, 0.1) is 0 Å². The highest BCUT2D eigenvalue weighted by Gasteiger charge is 2.30. The molecule has 1 aliphatic rings. The molecule has 0 atom stereocenters. The topological polar surface area (TPSA) is 62.5 Å². The summed E-state index contributed by atoms with van der Waals surface area (Å²) >= 11 is 3.40. The Bertz CT molecular complexity index is 533. The molecule has 0 bridgehead atoms. The average molecular weight is 357 g/mol. The Kier molecular flexibility index (Phi) is 5.08. The van der Waals surface area contributed by atoms with E-state index in [4.69, 9.17) is 5.11 Å². The highest BCUT2D eigenvalue weighted by Crippen LogP contribution is 2.27. The number of nitrogens with zero attached hydrogens (tertiary/aromatic N) is 2. The maximum absolute atomic E-state index is 12.8. The van der Waals surface area contributed by atoms with Gasteiger partial charge in [-0.2, -0.15) is 0 Å². The van der Waals surface area contributed by atoms with Crippen LogP contribution in [0.4, 0.5) is 0 Å². The number of amides is 1. The van der Waals surface area contributed by atoms with E-state index < -0.39 is 5.97 Å². The van der Waals surface area contributed by atoms with E-state index in [0.717, 1.165) is 30.2 Å². The van der Waals surface area contributed by atoms with Crippen molar-refractivity contribution >= 4 is 27.8 Å². The maximum Gasteiger partial charge on any atom is 0.323 e. The van der Waals surface area contributed by atoms with Crippen molar-refractivity contribution < 1.29 is 14.7 Å². The van der Waals surface area contributed by atoms with E-state index in [9.17, 15) is 9.59 Å². The maximum atomic E-state index is 12.8. The first-order chi connectivity index (χ1) is 9.90. The number of carboxylic acid groups (broad SMARTS) is 1. The van der Waals surface area contributed by atoms with Crippen molar-refractivity contribution in [2.24, 2.45) is 0 Å². The Labute approximate surface area is 133 Å². The molecule has 1 amide bonds. The van der Waals surface area contributed by atoms with Crippen LogP contribution in [-0.2, 0) is 4.79 Å². The Hall–Kier alpha value is -1.30. The minimum Gasteiger partial charge on any atom is -0.480 e. The third kappa shape index (κ3) is 3.67. The molecule has 116 valence electrons. The fourth-order valence-corrected chi connectivity index (χ4v) is 3.36. The van der Waals surface area contributed by atoms with E-state index >= 15 is 0 Å². The van der Waals surface area contributed by atoms with Crippen LogP contribution in [0, 0.1) is 0 Å². The van der Waals surface area contributed by atoms with Gasteiger partial charge < -0.3 is 14.6 Å². The third-order valence-electron chi connectivity index (χ3n) is 3.92. The molecule has 5 nitrogen and oxygen atoms in total. The fraction of sp³-hybridized carbons (Fsp3) is 0.600. The zero-order chi connectivity index (χ0) is 15.6. The van der Waals surface area contributed by atoms with Crippen LogP contribution in [0.3, 0.4) is 0 Å². The van der Waals surface area contributed by atoms with Crippen LogP contribution >= 0.6 is 15.9 Å². The summed E-state index contributed by atoms with van der Waals surface area (Å²) in [5.41, 5.74) is 0.546. The molecule has 1 aliphatic carbocycles. The van der Waals surface area contributed by atoms with Crippen LogP contribution in [-0.4, -0.2) is 39.0 Å². The van der Waals surface area contributed by atoms with Gasteiger partial charge in [0.1, 0.15) is 12.2 Å². The lowest BCUT2D eigenvalue weighted by atomic mass is 10.2. The molecular weight excluding hydrogens is 336 g/mol. The molecule has 0 saturated heterocycles. The summed E-state index contributed by atoms with van der Waals surface area (Å²) in [5.74, 6) is -1.15. The Morgan fingerprint density at radius 1 is 1.43 bits per heavy atom. The van der Waals surface area contributed by atoms with Gasteiger partial charge in [0.2, 0.25) is 0 Å². The standard InChI is InChI=1S/C15H21BrN2O3/c1-10(2)17-8-11(16)7-13(17)15(21)18(9-14(19)20)12-5-3-4-6-12/h7-8,10,12H,3-6,9H2,1-2H3,(H,19,20). The van der Waals surface area contributed by atoms with Crippen LogP contribution in [0.15, 0.2) is 16.7 Å². The number of halogens is 1. The molecule has 0 unspecified atom stereocenters. The van der Waals surface area contributed by atoms with Crippen molar-refractivity contribution in [1.29, 1.82) is 0 Å². The largest absolute Gasteiger partial charge is 0.480 e. The van der Waals surface area contributed by atoms with Gasteiger partial charge in [0.25, 0.3) is 5.91 Å². The highest BCUT2D eigenvalue weighted by atomic mass is 79.9. The molecular formula is C15H21BrN2O3. The molecule has 6 heteroatoms. The van der Waals surface area contributed by atoms with Crippen molar-refractivity contribution in [3.8, 4) is 0 Å². The van der Waals surface area contributed by atoms with Gasteiger partial charge in [-0.05, 0) is 48.7 Å². The second kappa shape index (κ2) is 6.64. The van der Waals surface area contributed by atoms with Gasteiger partial charge in [-0.25, -0.2) is 0 Å². The van der Waals surface area contributed by atoms with E-state index in [1.165, 1.54) is 4.90 Å². The average Bonchev–Trinajstić information content (AvgIpc) is 3.03. The predicted molar refractivity (Wildman–Crippen MR) is 83.4 cm³/mol. The number of aromatic nitrogens is 1. The number of carbonyl (C=O) groups excluding carboxylic acids is 1.